The largest absolute Gasteiger partial charge is 0.287 e. The number of aryl methyl sites for hydroxylation is 1. The monoisotopic (exact) mass is 390 g/mol. The average molecular weight is 392 g/mol. The second-order valence-corrected chi connectivity index (χ2v) is 5.67. The van der Waals surface area contributed by atoms with Crippen molar-refractivity contribution in [1.82, 2.24) is 9.78 Å². The molecular weight excluding hydrogens is 383 g/mol. The van der Waals surface area contributed by atoms with Crippen LogP contribution in [0.15, 0.2) is 33.3 Å². The molecule has 6 heteroatoms. The summed E-state index contributed by atoms with van der Waals surface area (Å²) in [6, 6.07) is 5.28. The molecule has 0 unspecified atom stereocenters. The van der Waals surface area contributed by atoms with Crippen LogP contribution in [-0.2, 0) is 6.54 Å². The Kier molecular flexibility index (Phi) is 4.25. The van der Waals surface area contributed by atoms with Gasteiger partial charge in [-0.3, -0.25) is 9.48 Å². The molecule has 1 heterocycles. The van der Waals surface area contributed by atoms with Crippen molar-refractivity contribution in [2.75, 3.05) is 0 Å². The van der Waals surface area contributed by atoms with Crippen molar-refractivity contribution < 1.29 is 4.79 Å². The van der Waals surface area contributed by atoms with Gasteiger partial charge in [-0.15, -0.1) is 0 Å². The van der Waals surface area contributed by atoms with Gasteiger partial charge in [0.2, 0.25) is 5.78 Å². The van der Waals surface area contributed by atoms with Gasteiger partial charge in [-0.2, -0.15) is 5.10 Å². The van der Waals surface area contributed by atoms with Crippen molar-refractivity contribution in [3.63, 3.8) is 0 Å². The van der Waals surface area contributed by atoms with Crippen molar-refractivity contribution >= 4 is 49.2 Å². The number of rotatable bonds is 3. The van der Waals surface area contributed by atoms with Crippen molar-refractivity contribution in [1.29, 1.82) is 0 Å². The Bertz CT molecular complexity index is 610. The van der Waals surface area contributed by atoms with E-state index in [1.165, 1.54) is 0 Å². The fraction of sp³-hybridized carbons (Fsp3) is 0.167. The van der Waals surface area contributed by atoms with E-state index in [1.54, 1.807) is 29.1 Å². The topological polar surface area (TPSA) is 34.9 Å². The van der Waals surface area contributed by atoms with Crippen LogP contribution < -0.4 is 0 Å². The third kappa shape index (κ3) is 2.39. The normalized spacial score (nSPS) is 10.7. The molecule has 3 nitrogen and oxygen atoms in total. The van der Waals surface area contributed by atoms with Crippen molar-refractivity contribution in [3.8, 4) is 0 Å². The van der Waals surface area contributed by atoms with Crippen LogP contribution in [-0.4, -0.2) is 15.6 Å². The molecule has 0 aliphatic rings. The van der Waals surface area contributed by atoms with Gasteiger partial charge in [0.1, 0.15) is 5.69 Å². The van der Waals surface area contributed by atoms with Gasteiger partial charge in [-0.25, -0.2) is 0 Å². The van der Waals surface area contributed by atoms with E-state index in [-0.39, 0.29) is 5.78 Å². The van der Waals surface area contributed by atoms with Gasteiger partial charge < -0.3 is 0 Å². The lowest BCUT2D eigenvalue weighted by molar-refractivity contribution is 0.102. The Morgan fingerprint density at radius 1 is 1.39 bits per heavy atom. The van der Waals surface area contributed by atoms with Gasteiger partial charge >= 0.3 is 0 Å². The summed E-state index contributed by atoms with van der Waals surface area (Å²) in [6.45, 7) is 2.55. The highest BCUT2D eigenvalue weighted by atomic mass is 79.9. The second-order valence-electron chi connectivity index (χ2n) is 3.59. The van der Waals surface area contributed by atoms with Crippen LogP contribution in [0.2, 0.25) is 5.02 Å². The molecule has 1 aromatic heterocycles. The number of hydrogen-bond acceptors (Lipinski definition) is 2. The Labute approximate surface area is 126 Å². The predicted octanol–water partition coefficient (Wildman–Crippen LogP) is 4.31. The first-order chi connectivity index (χ1) is 8.56. The standard InChI is InChI=1S/C12H9Br2ClN2O/c1-2-17-11(9(14)6-16-17)12(18)7-4-3-5-8(13)10(7)15/h3-6H,2H2,1H3. The maximum absolute atomic E-state index is 12.5. The van der Waals surface area contributed by atoms with Crippen molar-refractivity contribution in [3.05, 3.63) is 49.6 Å². The quantitative estimate of drug-likeness (QED) is 0.730. The first-order valence-electron chi connectivity index (χ1n) is 5.26. The van der Waals surface area contributed by atoms with Crippen LogP contribution >= 0.6 is 43.5 Å². The third-order valence-corrected chi connectivity index (χ3v) is 4.38. The smallest absolute Gasteiger partial charge is 0.213 e. The summed E-state index contributed by atoms with van der Waals surface area (Å²) < 4.78 is 3.02. The molecule has 0 spiro atoms. The van der Waals surface area contributed by atoms with E-state index < -0.39 is 0 Å². The molecule has 0 aliphatic carbocycles. The Hall–Kier alpha value is -0.650. The number of aromatic nitrogens is 2. The fourth-order valence-electron chi connectivity index (χ4n) is 1.63. The molecule has 0 amide bonds. The fourth-order valence-corrected chi connectivity index (χ4v) is 2.69. The number of carbonyl (C=O) groups excluding carboxylic acids is 1. The highest BCUT2D eigenvalue weighted by molar-refractivity contribution is 9.10. The van der Waals surface area contributed by atoms with Crippen LogP contribution in [0, 0.1) is 0 Å². The van der Waals surface area contributed by atoms with Crippen molar-refractivity contribution in [2.24, 2.45) is 0 Å². The highest BCUT2D eigenvalue weighted by Crippen LogP contribution is 2.29. The minimum Gasteiger partial charge on any atom is -0.287 e. The Morgan fingerprint density at radius 2 is 2.11 bits per heavy atom. The van der Waals surface area contributed by atoms with Gasteiger partial charge in [0.15, 0.2) is 0 Å². The summed E-state index contributed by atoms with van der Waals surface area (Å²) in [7, 11) is 0. The minimum absolute atomic E-state index is 0.146. The SMILES string of the molecule is CCn1ncc(Br)c1C(=O)c1cccc(Br)c1Cl. The molecule has 94 valence electrons. The molecule has 0 radical (unpaired) electrons. The van der Waals surface area contributed by atoms with Crippen LogP contribution in [0.4, 0.5) is 0 Å². The van der Waals surface area contributed by atoms with E-state index in [9.17, 15) is 4.79 Å². The maximum atomic E-state index is 12.5. The molecule has 18 heavy (non-hydrogen) atoms. The lowest BCUT2D eigenvalue weighted by Gasteiger charge is -2.07. The summed E-state index contributed by atoms with van der Waals surface area (Å²) >= 11 is 12.8. The van der Waals surface area contributed by atoms with Gasteiger partial charge in [-0.1, -0.05) is 17.7 Å². The molecule has 0 aliphatic heterocycles. The third-order valence-electron chi connectivity index (χ3n) is 2.51. The summed E-state index contributed by atoms with van der Waals surface area (Å²) in [6.07, 6.45) is 1.61. The van der Waals surface area contributed by atoms with Crippen LogP contribution in [0.1, 0.15) is 23.0 Å². The number of halogens is 3. The zero-order chi connectivity index (χ0) is 13.3. The van der Waals surface area contributed by atoms with Crippen molar-refractivity contribution in [2.45, 2.75) is 13.5 Å². The van der Waals surface area contributed by atoms with Crippen LogP contribution in [0.5, 0.6) is 0 Å². The molecule has 2 rings (SSSR count). The maximum Gasteiger partial charge on any atom is 0.213 e. The zero-order valence-corrected chi connectivity index (χ0v) is 13.4. The molecule has 0 saturated carbocycles. The molecule has 0 bridgehead atoms. The van der Waals surface area contributed by atoms with E-state index in [0.717, 1.165) is 0 Å². The summed E-state index contributed by atoms with van der Waals surface area (Å²) in [4.78, 5) is 12.5. The number of ketones is 1. The zero-order valence-electron chi connectivity index (χ0n) is 9.45. The van der Waals surface area contributed by atoms with Crippen LogP contribution in [0.3, 0.4) is 0 Å². The molecule has 0 N–H and O–H groups in total. The summed E-state index contributed by atoms with van der Waals surface area (Å²) in [5.41, 5.74) is 0.972. The Morgan fingerprint density at radius 3 is 2.78 bits per heavy atom. The predicted molar refractivity (Wildman–Crippen MR) is 78.2 cm³/mol. The van der Waals surface area contributed by atoms with E-state index in [2.05, 4.69) is 37.0 Å². The number of hydrogen-bond donors (Lipinski definition) is 0. The lowest BCUT2D eigenvalue weighted by Crippen LogP contribution is -2.11. The lowest BCUT2D eigenvalue weighted by atomic mass is 10.1. The average Bonchev–Trinajstić information content (AvgIpc) is 2.73. The van der Waals surface area contributed by atoms with Gasteiger partial charge in [0.05, 0.1) is 15.7 Å². The minimum atomic E-state index is -0.146. The van der Waals surface area contributed by atoms with E-state index in [1.807, 2.05) is 6.92 Å². The molecular formula is C12H9Br2ClN2O. The van der Waals surface area contributed by atoms with Crippen LogP contribution in [0.25, 0.3) is 0 Å². The molecule has 0 saturated heterocycles. The molecule has 0 atom stereocenters. The number of benzene rings is 1. The van der Waals surface area contributed by atoms with Gasteiger partial charge in [0.25, 0.3) is 0 Å². The number of carbonyl (C=O) groups is 1. The molecule has 0 fully saturated rings. The van der Waals surface area contributed by atoms with E-state index >= 15 is 0 Å². The molecule has 1 aromatic carbocycles. The first kappa shape index (κ1) is 13.8. The van der Waals surface area contributed by atoms with E-state index in [4.69, 9.17) is 11.6 Å². The Balaban J connectivity index is 2.55. The summed E-state index contributed by atoms with van der Waals surface area (Å²) in [5, 5.41) is 4.54. The highest BCUT2D eigenvalue weighted by Gasteiger charge is 2.21. The van der Waals surface area contributed by atoms with Gasteiger partial charge in [0, 0.05) is 16.6 Å². The summed E-state index contributed by atoms with van der Waals surface area (Å²) in [5.74, 6) is -0.146. The number of nitrogens with zero attached hydrogens (tertiary/aromatic N) is 2. The molecule has 2 aromatic rings. The van der Waals surface area contributed by atoms with Gasteiger partial charge in [-0.05, 0) is 50.9 Å². The van der Waals surface area contributed by atoms with E-state index in [0.29, 0.717) is 31.8 Å². The second kappa shape index (κ2) is 5.55. The first-order valence-corrected chi connectivity index (χ1v) is 7.22.